The van der Waals surface area contributed by atoms with Gasteiger partial charge in [0.15, 0.2) is 0 Å². The third-order valence-electron chi connectivity index (χ3n) is 2.45. The molecule has 0 saturated heterocycles. The third kappa shape index (κ3) is 3.53. The van der Waals surface area contributed by atoms with Gasteiger partial charge >= 0.3 is 0 Å². The summed E-state index contributed by atoms with van der Waals surface area (Å²) in [6.45, 7) is 11.6. The van der Waals surface area contributed by atoms with Crippen molar-refractivity contribution in [2.24, 2.45) is 0 Å². The minimum Gasteiger partial charge on any atom is -0.241 e. The van der Waals surface area contributed by atoms with Gasteiger partial charge in [-0.15, -0.1) is 0 Å². The molecular formula is C15H16BrN. The molecule has 0 aliphatic rings. The number of hydrogen-bond acceptors (Lipinski definition) is 1. The molecule has 1 aromatic rings. The smallest absolute Gasteiger partial charge is 0.106 e. The van der Waals surface area contributed by atoms with Crippen molar-refractivity contribution >= 4 is 21.5 Å². The molecule has 0 amide bonds. The first-order valence-electron chi connectivity index (χ1n) is 5.36. The lowest BCUT2D eigenvalue weighted by Crippen LogP contribution is -1.94. The van der Waals surface area contributed by atoms with Crippen molar-refractivity contribution in [1.82, 2.24) is 4.98 Å². The molecule has 2 heteroatoms. The maximum atomic E-state index is 4.52. The Balaban J connectivity index is 3.42. The standard InChI is InChI=1S/C15H16BrN/c1-5-7-8-13(11(3)6-2)15-12(4)9-10-14(16)17-15/h5-10H,1-2H2,3-4H3/b8-7-,13-11-. The SMILES string of the molecule is C=C/C=C\C(=C(/C)C=C)c1nc(Br)ccc1C. The van der Waals surface area contributed by atoms with Crippen molar-refractivity contribution in [2.45, 2.75) is 13.8 Å². The number of aryl methyl sites for hydroxylation is 1. The normalized spacial score (nSPS) is 12.4. The molecule has 88 valence electrons. The van der Waals surface area contributed by atoms with Crippen molar-refractivity contribution in [3.05, 3.63) is 71.0 Å². The fourth-order valence-electron chi connectivity index (χ4n) is 1.45. The first kappa shape index (κ1) is 13.7. The second-order valence-electron chi connectivity index (χ2n) is 3.70. The molecule has 1 aromatic heterocycles. The van der Waals surface area contributed by atoms with Crippen LogP contribution in [0.1, 0.15) is 18.2 Å². The average Bonchev–Trinajstić information content (AvgIpc) is 2.33. The molecule has 0 aliphatic carbocycles. The lowest BCUT2D eigenvalue weighted by molar-refractivity contribution is 1.18. The maximum Gasteiger partial charge on any atom is 0.106 e. The molecule has 0 aliphatic heterocycles. The number of rotatable bonds is 4. The van der Waals surface area contributed by atoms with Gasteiger partial charge in [-0.2, -0.15) is 0 Å². The van der Waals surface area contributed by atoms with Gasteiger partial charge in [0.05, 0.1) is 5.69 Å². The van der Waals surface area contributed by atoms with Gasteiger partial charge in [0.25, 0.3) is 0 Å². The average molecular weight is 290 g/mol. The summed E-state index contributed by atoms with van der Waals surface area (Å²) in [5, 5.41) is 0. The molecule has 0 N–H and O–H groups in total. The molecular weight excluding hydrogens is 274 g/mol. The van der Waals surface area contributed by atoms with Crippen LogP contribution < -0.4 is 0 Å². The molecule has 0 bridgehead atoms. The number of pyridine rings is 1. The summed E-state index contributed by atoms with van der Waals surface area (Å²) in [6.07, 6.45) is 7.50. The van der Waals surface area contributed by atoms with E-state index in [1.165, 1.54) is 0 Å². The van der Waals surface area contributed by atoms with E-state index in [1.54, 1.807) is 6.08 Å². The van der Waals surface area contributed by atoms with Gasteiger partial charge in [0.1, 0.15) is 4.60 Å². The van der Waals surface area contributed by atoms with E-state index in [0.717, 1.165) is 27.0 Å². The Kier molecular flexibility index (Phi) is 5.11. The zero-order valence-electron chi connectivity index (χ0n) is 10.2. The van der Waals surface area contributed by atoms with Gasteiger partial charge in [0.2, 0.25) is 0 Å². The van der Waals surface area contributed by atoms with Crippen molar-refractivity contribution in [1.29, 1.82) is 0 Å². The number of allylic oxidation sites excluding steroid dienone is 6. The predicted molar refractivity (Wildman–Crippen MR) is 78.8 cm³/mol. The Labute approximate surface area is 111 Å². The van der Waals surface area contributed by atoms with E-state index in [1.807, 2.05) is 44.2 Å². The Morgan fingerprint density at radius 1 is 1.35 bits per heavy atom. The predicted octanol–water partition coefficient (Wildman–Crippen LogP) is 4.85. The molecule has 0 aromatic carbocycles. The van der Waals surface area contributed by atoms with E-state index < -0.39 is 0 Å². The van der Waals surface area contributed by atoms with Crippen LogP contribution in [0.2, 0.25) is 0 Å². The van der Waals surface area contributed by atoms with E-state index in [-0.39, 0.29) is 0 Å². The van der Waals surface area contributed by atoms with Crippen LogP contribution in [0.25, 0.3) is 5.57 Å². The number of aromatic nitrogens is 1. The van der Waals surface area contributed by atoms with Gasteiger partial charge in [-0.05, 0) is 47.0 Å². The summed E-state index contributed by atoms with van der Waals surface area (Å²) in [7, 11) is 0. The van der Waals surface area contributed by atoms with Crippen LogP contribution in [0.3, 0.4) is 0 Å². The van der Waals surface area contributed by atoms with Crippen LogP contribution >= 0.6 is 15.9 Å². The van der Waals surface area contributed by atoms with Crippen molar-refractivity contribution in [2.75, 3.05) is 0 Å². The zero-order chi connectivity index (χ0) is 12.8. The van der Waals surface area contributed by atoms with E-state index in [9.17, 15) is 0 Å². The molecule has 0 fully saturated rings. The Morgan fingerprint density at radius 3 is 2.65 bits per heavy atom. The highest BCUT2D eigenvalue weighted by molar-refractivity contribution is 9.10. The van der Waals surface area contributed by atoms with E-state index in [2.05, 4.69) is 34.1 Å². The molecule has 0 radical (unpaired) electrons. The van der Waals surface area contributed by atoms with E-state index in [4.69, 9.17) is 0 Å². The summed E-state index contributed by atoms with van der Waals surface area (Å²) in [6, 6.07) is 3.99. The second-order valence-corrected chi connectivity index (χ2v) is 4.51. The highest BCUT2D eigenvalue weighted by Gasteiger charge is 2.07. The summed E-state index contributed by atoms with van der Waals surface area (Å²) < 4.78 is 0.833. The van der Waals surface area contributed by atoms with Crippen molar-refractivity contribution in [3.8, 4) is 0 Å². The second kappa shape index (κ2) is 6.36. The third-order valence-corrected chi connectivity index (χ3v) is 2.89. The van der Waals surface area contributed by atoms with Crippen LogP contribution in [0.4, 0.5) is 0 Å². The monoisotopic (exact) mass is 289 g/mol. The van der Waals surface area contributed by atoms with E-state index >= 15 is 0 Å². The Bertz CT molecular complexity index is 496. The summed E-state index contributed by atoms with van der Waals surface area (Å²) in [4.78, 5) is 4.52. The lowest BCUT2D eigenvalue weighted by atomic mass is 10.0. The lowest BCUT2D eigenvalue weighted by Gasteiger charge is -2.09. The Hall–Kier alpha value is -1.41. The van der Waals surface area contributed by atoms with E-state index in [0.29, 0.717) is 0 Å². The quantitative estimate of drug-likeness (QED) is 0.570. The molecule has 0 unspecified atom stereocenters. The first-order valence-corrected chi connectivity index (χ1v) is 6.15. The van der Waals surface area contributed by atoms with Crippen LogP contribution in [-0.2, 0) is 0 Å². The number of nitrogens with zero attached hydrogens (tertiary/aromatic N) is 1. The summed E-state index contributed by atoms with van der Waals surface area (Å²) in [5.74, 6) is 0. The first-order chi connectivity index (χ1) is 8.10. The molecule has 0 spiro atoms. The number of halogens is 1. The molecule has 17 heavy (non-hydrogen) atoms. The van der Waals surface area contributed by atoms with Crippen molar-refractivity contribution < 1.29 is 0 Å². The topological polar surface area (TPSA) is 12.9 Å². The Morgan fingerprint density at radius 2 is 2.06 bits per heavy atom. The summed E-state index contributed by atoms with van der Waals surface area (Å²) in [5.41, 5.74) is 4.27. The van der Waals surface area contributed by atoms with Crippen LogP contribution in [0, 0.1) is 6.92 Å². The van der Waals surface area contributed by atoms with Crippen molar-refractivity contribution in [3.63, 3.8) is 0 Å². The van der Waals surface area contributed by atoms with Gasteiger partial charge < -0.3 is 0 Å². The fraction of sp³-hybridized carbons (Fsp3) is 0.133. The molecule has 1 nitrogen and oxygen atoms in total. The van der Waals surface area contributed by atoms with Gasteiger partial charge in [-0.3, -0.25) is 0 Å². The highest BCUT2D eigenvalue weighted by Crippen LogP contribution is 2.24. The molecule has 1 heterocycles. The largest absolute Gasteiger partial charge is 0.241 e. The van der Waals surface area contributed by atoms with Gasteiger partial charge in [-0.1, -0.05) is 43.5 Å². The minimum atomic E-state index is 0.833. The fourth-order valence-corrected chi connectivity index (χ4v) is 1.76. The molecule has 1 rings (SSSR count). The van der Waals surface area contributed by atoms with Gasteiger partial charge in [0, 0.05) is 5.57 Å². The maximum absolute atomic E-state index is 4.52. The van der Waals surface area contributed by atoms with Crippen LogP contribution in [0.15, 0.2) is 59.8 Å². The van der Waals surface area contributed by atoms with Gasteiger partial charge in [-0.25, -0.2) is 4.98 Å². The summed E-state index contributed by atoms with van der Waals surface area (Å²) >= 11 is 3.40. The van der Waals surface area contributed by atoms with Crippen LogP contribution in [-0.4, -0.2) is 4.98 Å². The minimum absolute atomic E-state index is 0.833. The van der Waals surface area contributed by atoms with Crippen LogP contribution in [0.5, 0.6) is 0 Å². The zero-order valence-corrected chi connectivity index (χ0v) is 11.8. The number of hydrogen-bond donors (Lipinski definition) is 0. The molecule has 0 saturated carbocycles. The highest BCUT2D eigenvalue weighted by atomic mass is 79.9. The molecule has 0 atom stereocenters.